The van der Waals surface area contributed by atoms with E-state index in [4.69, 9.17) is 9.52 Å². The van der Waals surface area contributed by atoms with Gasteiger partial charge < -0.3 is 9.52 Å². The van der Waals surface area contributed by atoms with Crippen LogP contribution in [-0.4, -0.2) is 19.5 Å². The molecular formula is C13H12FNO5S. The number of carbonyl (C=O) groups is 1. The molecule has 21 heavy (non-hydrogen) atoms. The fourth-order valence-corrected chi connectivity index (χ4v) is 2.97. The number of sulfonamides is 1. The van der Waals surface area contributed by atoms with Gasteiger partial charge in [0.2, 0.25) is 10.0 Å². The van der Waals surface area contributed by atoms with E-state index in [9.17, 15) is 17.6 Å². The van der Waals surface area contributed by atoms with Gasteiger partial charge in [-0.15, -0.1) is 0 Å². The Morgan fingerprint density at radius 2 is 2.10 bits per heavy atom. The number of rotatable bonds is 5. The van der Waals surface area contributed by atoms with E-state index in [1.807, 2.05) is 0 Å². The van der Waals surface area contributed by atoms with E-state index in [1.54, 1.807) is 19.1 Å². The van der Waals surface area contributed by atoms with Gasteiger partial charge in [-0.05, 0) is 37.3 Å². The third-order valence-electron chi connectivity index (χ3n) is 2.78. The maximum atomic E-state index is 13.3. The average Bonchev–Trinajstić information content (AvgIpc) is 2.92. The predicted molar refractivity (Wildman–Crippen MR) is 70.8 cm³/mol. The van der Waals surface area contributed by atoms with Crippen LogP contribution in [0, 0.1) is 5.82 Å². The molecule has 6 nitrogen and oxygen atoms in total. The average molecular weight is 313 g/mol. The molecule has 2 rings (SSSR count). The molecule has 1 aromatic carbocycles. The highest BCUT2D eigenvalue weighted by molar-refractivity contribution is 7.89. The first-order valence-corrected chi connectivity index (χ1v) is 7.38. The highest BCUT2D eigenvalue weighted by atomic mass is 32.2. The van der Waals surface area contributed by atoms with Gasteiger partial charge in [0.1, 0.15) is 11.6 Å². The molecule has 0 bridgehead atoms. The van der Waals surface area contributed by atoms with Crippen LogP contribution < -0.4 is 4.72 Å². The molecule has 0 aliphatic heterocycles. The van der Waals surface area contributed by atoms with Crippen LogP contribution in [0.25, 0.3) is 0 Å². The first-order chi connectivity index (χ1) is 9.81. The second-order valence-corrected chi connectivity index (χ2v) is 6.02. The third kappa shape index (κ3) is 3.29. The van der Waals surface area contributed by atoms with Gasteiger partial charge in [-0.25, -0.2) is 22.3 Å². The Kier molecular flexibility index (Phi) is 4.10. The fraction of sp³-hybridized carbons (Fsp3) is 0.154. The third-order valence-corrected chi connectivity index (χ3v) is 4.32. The van der Waals surface area contributed by atoms with Gasteiger partial charge in [0.15, 0.2) is 0 Å². The number of halogens is 1. The lowest BCUT2D eigenvalue weighted by Crippen LogP contribution is -2.27. The molecule has 0 unspecified atom stereocenters. The van der Waals surface area contributed by atoms with Gasteiger partial charge in [-0.2, -0.15) is 0 Å². The van der Waals surface area contributed by atoms with Crippen molar-refractivity contribution in [2.75, 3.05) is 0 Å². The highest BCUT2D eigenvalue weighted by Crippen LogP contribution is 2.19. The molecule has 2 N–H and O–H groups in total. The number of carboxylic acid groups (broad SMARTS) is 1. The second kappa shape index (κ2) is 5.66. The summed E-state index contributed by atoms with van der Waals surface area (Å²) in [5.74, 6) is -2.14. The number of nitrogens with one attached hydrogen (secondary N) is 1. The maximum absolute atomic E-state index is 13.3. The standard InChI is InChI=1S/C13H12FNO5S/c1-8(12-3-2-6-20-12)15-21(18,19)9-4-5-11(14)10(7-9)13(16)17/h2-8,15H,1H3,(H,16,17)/t8-/m0/s1. The number of hydrogen-bond acceptors (Lipinski definition) is 4. The quantitative estimate of drug-likeness (QED) is 0.881. The number of hydrogen-bond donors (Lipinski definition) is 2. The Balaban J connectivity index is 2.32. The molecule has 0 saturated carbocycles. The number of furan rings is 1. The van der Waals surface area contributed by atoms with Gasteiger partial charge >= 0.3 is 5.97 Å². The van der Waals surface area contributed by atoms with Crippen molar-refractivity contribution in [1.29, 1.82) is 0 Å². The van der Waals surface area contributed by atoms with Gasteiger partial charge in [0, 0.05) is 0 Å². The van der Waals surface area contributed by atoms with Crippen molar-refractivity contribution >= 4 is 16.0 Å². The zero-order chi connectivity index (χ0) is 15.6. The zero-order valence-electron chi connectivity index (χ0n) is 10.9. The Hall–Kier alpha value is -2.19. The summed E-state index contributed by atoms with van der Waals surface area (Å²) in [5.41, 5.74) is -0.705. The summed E-state index contributed by atoms with van der Waals surface area (Å²) >= 11 is 0. The number of benzene rings is 1. The molecule has 0 saturated heterocycles. The normalized spacial score (nSPS) is 13.0. The minimum Gasteiger partial charge on any atom is -0.478 e. The van der Waals surface area contributed by atoms with Crippen LogP contribution in [0.3, 0.4) is 0 Å². The van der Waals surface area contributed by atoms with Crippen molar-refractivity contribution in [3.8, 4) is 0 Å². The molecule has 112 valence electrons. The molecule has 1 atom stereocenters. The molecule has 8 heteroatoms. The lowest BCUT2D eigenvalue weighted by Gasteiger charge is -2.12. The van der Waals surface area contributed by atoms with E-state index in [1.165, 1.54) is 6.26 Å². The Morgan fingerprint density at radius 1 is 1.38 bits per heavy atom. The van der Waals surface area contributed by atoms with Crippen LogP contribution in [0.15, 0.2) is 45.9 Å². The lowest BCUT2D eigenvalue weighted by molar-refractivity contribution is 0.0691. The number of aromatic carboxylic acids is 1. The van der Waals surface area contributed by atoms with Gasteiger partial charge in [-0.3, -0.25) is 0 Å². The van der Waals surface area contributed by atoms with Crippen LogP contribution in [0.4, 0.5) is 4.39 Å². The van der Waals surface area contributed by atoms with Crippen LogP contribution >= 0.6 is 0 Å². The summed E-state index contributed by atoms with van der Waals surface area (Å²) in [4.78, 5) is 10.5. The van der Waals surface area contributed by atoms with Crippen LogP contribution in [0.1, 0.15) is 29.1 Å². The molecule has 0 aliphatic rings. The topological polar surface area (TPSA) is 96.6 Å². The highest BCUT2D eigenvalue weighted by Gasteiger charge is 2.22. The molecule has 2 aromatic rings. The molecule has 0 amide bonds. The second-order valence-electron chi connectivity index (χ2n) is 4.31. The van der Waals surface area contributed by atoms with E-state index >= 15 is 0 Å². The largest absolute Gasteiger partial charge is 0.478 e. The van der Waals surface area contributed by atoms with Gasteiger partial charge in [-0.1, -0.05) is 0 Å². The zero-order valence-corrected chi connectivity index (χ0v) is 11.7. The molecule has 0 fully saturated rings. The summed E-state index contributed by atoms with van der Waals surface area (Å²) < 4.78 is 45.0. The smallest absolute Gasteiger partial charge is 0.338 e. The molecule has 0 spiro atoms. The van der Waals surface area contributed by atoms with Crippen molar-refractivity contribution in [2.45, 2.75) is 17.9 Å². The summed E-state index contributed by atoms with van der Waals surface area (Å²) in [5, 5.41) is 8.82. The maximum Gasteiger partial charge on any atom is 0.338 e. The van der Waals surface area contributed by atoms with Crippen molar-refractivity contribution < 1.29 is 27.1 Å². The molecular weight excluding hydrogens is 301 g/mol. The lowest BCUT2D eigenvalue weighted by atomic mass is 10.2. The van der Waals surface area contributed by atoms with Crippen molar-refractivity contribution in [3.05, 3.63) is 53.7 Å². The van der Waals surface area contributed by atoms with Crippen molar-refractivity contribution in [2.24, 2.45) is 0 Å². The Bertz CT molecular complexity index is 755. The van der Waals surface area contributed by atoms with Crippen LogP contribution in [-0.2, 0) is 10.0 Å². The minimum absolute atomic E-state index is 0.334. The Morgan fingerprint density at radius 3 is 2.67 bits per heavy atom. The predicted octanol–water partition coefficient (Wildman–Crippen LogP) is 2.16. The molecule has 0 aliphatic carbocycles. The SMILES string of the molecule is C[C@H](NS(=O)(=O)c1ccc(F)c(C(=O)O)c1)c1ccco1. The summed E-state index contributed by atoms with van der Waals surface area (Å²) in [6.07, 6.45) is 1.40. The summed E-state index contributed by atoms with van der Waals surface area (Å²) in [6, 6.07) is 5.13. The Labute approximate surface area is 120 Å². The van der Waals surface area contributed by atoms with Gasteiger partial charge in [0.25, 0.3) is 0 Å². The molecule has 1 heterocycles. The first kappa shape index (κ1) is 15.2. The van der Waals surface area contributed by atoms with E-state index in [0.717, 1.165) is 18.2 Å². The first-order valence-electron chi connectivity index (χ1n) is 5.90. The van der Waals surface area contributed by atoms with Crippen molar-refractivity contribution in [1.82, 2.24) is 4.72 Å². The van der Waals surface area contributed by atoms with Crippen LogP contribution in [0.2, 0.25) is 0 Å². The minimum atomic E-state index is -4.00. The van der Waals surface area contributed by atoms with E-state index in [-0.39, 0.29) is 4.90 Å². The van der Waals surface area contributed by atoms with Gasteiger partial charge in [0.05, 0.1) is 22.8 Å². The monoisotopic (exact) mass is 313 g/mol. The van der Waals surface area contributed by atoms with E-state index < -0.39 is 33.4 Å². The van der Waals surface area contributed by atoms with E-state index in [2.05, 4.69) is 4.72 Å². The fourth-order valence-electron chi connectivity index (χ4n) is 1.73. The summed E-state index contributed by atoms with van der Waals surface area (Å²) in [6.45, 7) is 1.57. The summed E-state index contributed by atoms with van der Waals surface area (Å²) in [7, 11) is -4.00. The van der Waals surface area contributed by atoms with Crippen molar-refractivity contribution in [3.63, 3.8) is 0 Å². The van der Waals surface area contributed by atoms with Crippen LogP contribution in [0.5, 0.6) is 0 Å². The molecule has 1 aromatic heterocycles. The van der Waals surface area contributed by atoms with E-state index in [0.29, 0.717) is 5.76 Å². The number of carboxylic acids is 1. The molecule has 0 radical (unpaired) electrons.